The number of nitrogens with two attached hydrogens (primary N) is 1. The fourth-order valence-corrected chi connectivity index (χ4v) is 7.94. The van der Waals surface area contributed by atoms with Gasteiger partial charge in [0.05, 0.1) is 38.5 Å². The number of carbonyl (C=O) groups excluding carboxylic acids is 6. The summed E-state index contributed by atoms with van der Waals surface area (Å²) in [6, 6.07) is 22.6. The van der Waals surface area contributed by atoms with Crippen LogP contribution in [0.4, 0.5) is 41.9 Å². The van der Waals surface area contributed by atoms with Crippen LogP contribution in [-0.2, 0) is 18.9 Å². The van der Waals surface area contributed by atoms with Crippen molar-refractivity contribution < 1.29 is 54.1 Å². The number of fused-ring (bicyclic) bond motifs is 2. The lowest BCUT2D eigenvalue weighted by molar-refractivity contribution is -0.384. The minimum Gasteiger partial charge on any atom is -0.444 e. The van der Waals surface area contributed by atoms with Crippen molar-refractivity contribution in [2.45, 2.75) is 143 Å². The molecule has 20 nitrogen and oxygen atoms in total. The second-order valence-electron chi connectivity index (χ2n) is 22.7. The number of carbonyl (C=O) groups is 6. The molecule has 2 aliphatic carbocycles. The van der Waals surface area contributed by atoms with Crippen molar-refractivity contribution >= 4 is 80.7 Å². The minimum atomic E-state index is -0.844. The van der Waals surface area contributed by atoms with Gasteiger partial charge in [0, 0.05) is 53.5 Å². The van der Waals surface area contributed by atoms with Crippen LogP contribution in [0.1, 0.15) is 131 Å². The Labute approximate surface area is 441 Å². The molecule has 0 spiro atoms. The van der Waals surface area contributed by atoms with Gasteiger partial charge in [0.15, 0.2) is 0 Å². The van der Waals surface area contributed by atoms with Crippen LogP contribution in [0, 0.1) is 10.1 Å². The van der Waals surface area contributed by atoms with Crippen molar-refractivity contribution in [2.24, 2.45) is 0 Å². The molecule has 0 bridgehead atoms. The maximum atomic E-state index is 13.5. The van der Waals surface area contributed by atoms with E-state index in [1.54, 1.807) is 150 Å². The van der Waals surface area contributed by atoms with Crippen molar-refractivity contribution in [3.8, 4) is 22.5 Å². The highest BCUT2D eigenvalue weighted by atomic mass is 16.6. The largest absolute Gasteiger partial charge is 0.444 e. The van der Waals surface area contributed by atoms with Gasteiger partial charge in [-0.05, 0) is 168 Å². The Kier molecular flexibility index (Phi) is 15.3. The first-order chi connectivity index (χ1) is 35.3. The second-order valence-corrected chi connectivity index (χ2v) is 22.7. The predicted octanol–water partition coefficient (Wildman–Crippen LogP) is 12.4. The summed E-state index contributed by atoms with van der Waals surface area (Å²) in [7, 11) is 0. The lowest BCUT2D eigenvalue weighted by Gasteiger charge is -2.21. The van der Waals surface area contributed by atoms with E-state index < -0.39 is 57.6 Å². The molecular formula is C56H68N8O12. The lowest BCUT2D eigenvalue weighted by Crippen LogP contribution is -2.28. The summed E-state index contributed by atoms with van der Waals surface area (Å²) in [6.07, 6.45) is 0.931. The predicted molar refractivity (Wildman–Crippen MR) is 292 cm³/mol. The number of anilines is 3. The number of benzene rings is 4. The summed E-state index contributed by atoms with van der Waals surface area (Å²) < 4.78 is 24.7. The quantitative estimate of drug-likeness (QED) is 0.0391. The highest BCUT2D eigenvalue weighted by Gasteiger charge is 2.35. The summed E-state index contributed by atoms with van der Waals surface area (Å²) in [5.41, 5.74) is 7.31. The number of nitrogen functional groups attached to an aromatic ring is 1. The molecule has 76 heavy (non-hydrogen) atoms. The molecule has 2 aromatic heterocycles. The topological polar surface area (TPSA) is 266 Å². The molecule has 8 rings (SSSR count). The van der Waals surface area contributed by atoms with E-state index in [9.17, 15) is 38.9 Å². The third kappa shape index (κ3) is 14.0. The molecule has 2 aliphatic rings. The summed E-state index contributed by atoms with van der Waals surface area (Å²) in [4.78, 5) is 89.4. The molecule has 6 aromatic rings. The molecule has 0 aliphatic heterocycles. The third-order valence-electron chi connectivity index (χ3n) is 11.2. The molecule has 404 valence electrons. The zero-order chi connectivity index (χ0) is 55.8. The Morgan fingerprint density at radius 2 is 0.895 bits per heavy atom. The number of hydrogen-bond acceptors (Lipinski definition) is 13. The van der Waals surface area contributed by atoms with E-state index in [-0.39, 0.29) is 41.7 Å². The van der Waals surface area contributed by atoms with Gasteiger partial charge in [0.1, 0.15) is 22.4 Å². The van der Waals surface area contributed by atoms with E-state index in [1.165, 1.54) is 27.3 Å². The van der Waals surface area contributed by atoms with E-state index in [0.29, 0.717) is 55.9 Å². The van der Waals surface area contributed by atoms with Gasteiger partial charge in [-0.2, -0.15) is 0 Å². The number of non-ortho nitro benzene ring substituents is 1. The number of amides is 4. The molecule has 0 unspecified atom stereocenters. The zero-order valence-corrected chi connectivity index (χ0v) is 44.9. The van der Waals surface area contributed by atoms with Gasteiger partial charge in [-0.1, -0.05) is 24.3 Å². The smallest absolute Gasteiger partial charge is 0.419 e. The van der Waals surface area contributed by atoms with Gasteiger partial charge < -0.3 is 35.3 Å². The molecule has 2 heterocycles. The second kappa shape index (κ2) is 21.1. The first-order valence-electron chi connectivity index (χ1n) is 24.9. The Balaban J connectivity index is 0.000000247. The number of rotatable bonds is 9. The highest BCUT2D eigenvalue weighted by molar-refractivity contribution is 6.17. The van der Waals surface area contributed by atoms with Crippen molar-refractivity contribution in [3.05, 3.63) is 106 Å². The maximum Gasteiger partial charge on any atom is 0.419 e. The molecule has 2 fully saturated rings. The number of hydrogen-bond donors (Lipinski definition) is 5. The fourth-order valence-electron chi connectivity index (χ4n) is 7.94. The van der Waals surface area contributed by atoms with Crippen LogP contribution in [0.2, 0.25) is 0 Å². The van der Waals surface area contributed by atoms with E-state index in [1.807, 2.05) is 0 Å². The molecule has 0 radical (unpaired) electrons. The molecule has 20 heteroatoms. The number of nitro groups is 1. The maximum absolute atomic E-state index is 13.5. The van der Waals surface area contributed by atoms with E-state index in [4.69, 9.17) is 24.7 Å². The number of nitro benzene ring substituents is 1. The summed E-state index contributed by atoms with van der Waals surface area (Å²) in [5, 5.41) is 23.7. The SMILES string of the molecule is CC(C)(C)OC(=O)Nc1ccc(-c2c(C(=O)NC3CC3)c3cc(N)ccc3n2C(=O)OC(C)(C)C)cc1.CC(C)(C)OC(=O)Nc1ccc(-c2c(C(=O)NC3CC3)c3cc([N+](=O)[O-])ccc3n2C(=O)OC(C)(C)C)cc1.[HH]. The monoisotopic (exact) mass is 1040 g/mol. The number of nitrogens with one attached hydrogen (secondary N) is 4. The highest BCUT2D eigenvalue weighted by Crippen LogP contribution is 2.39. The summed E-state index contributed by atoms with van der Waals surface area (Å²) in [6.45, 7) is 21.1. The number of aromatic nitrogens is 2. The Bertz CT molecular complexity index is 3260. The van der Waals surface area contributed by atoms with Gasteiger partial charge >= 0.3 is 24.4 Å². The molecule has 4 aromatic carbocycles. The van der Waals surface area contributed by atoms with Gasteiger partial charge in [-0.25, -0.2) is 28.3 Å². The molecule has 4 amide bonds. The van der Waals surface area contributed by atoms with Crippen LogP contribution in [0.5, 0.6) is 0 Å². The van der Waals surface area contributed by atoms with Gasteiger partial charge in [-0.15, -0.1) is 0 Å². The first kappa shape index (κ1) is 55.3. The summed E-state index contributed by atoms with van der Waals surface area (Å²) >= 11 is 0. The van der Waals surface area contributed by atoms with Crippen molar-refractivity contribution in [2.75, 3.05) is 16.4 Å². The zero-order valence-electron chi connectivity index (χ0n) is 44.9. The normalized spacial score (nSPS) is 13.7. The molecule has 0 saturated heterocycles. The molecule has 0 atom stereocenters. The van der Waals surface area contributed by atoms with Gasteiger partial charge in [0.25, 0.3) is 17.5 Å². The molecule has 6 N–H and O–H groups in total. The molecule has 2 saturated carbocycles. The average Bonchev–Trinajstić information content (AvgIpc) is 4.22. The number of nitrogens with zero attached hydrogens (tertiary/aromatic N) is 3. The Morgan fingerprint density at radius 1 is 0.539 bits per heavy atom. The van der Waals surface area contributed by atoms with Crippen molar-refractivity contribution in [1.29, 1.82) is 0 Å². The van der Waals surface area contributed by atoms with Crippen LogP contribution in [0.25, 0.3) is 44.3 Å². The molecular weight excluding hydrogens is 977 g/mol. The Morgan fingerprint density at radius 3 is 1.24 bits per heavy atom. The van der Waals surface area contributed by atoms with Crippen LogP contribution >= 0.6 is 0 Å². The lowest BCUT2D eigenvalue weighted by atomic mass is 10.0. The van der Waals surface area contributed by atoms with Crippen LogP contribution in [-0.4, -0.2) is 84.7 Å². The standard InChI is InChI=1S/C28H32N4O7.C28H34N4O5.H2/c1-27(2,3)38-25(34)30-18-9-7-16(8-10-18)23-22(24(33)29-17-11-12-17)20-15-19(32(36)37)13-14-21(20)31(23)26(35)39-28(4,5)6;1-27(2,3)36-25(34)31-19-10-7-16(8-11-19)23-22(24(33)30-18-12-13-18)20-15-17(29)9-14-21(20)32(23)26(35)37-28(4,5)6;/h7-10,13-15,17H,11-12H2,1-6H3,(H,29,33)(H,30,34);7-11,14-15,18H,12-13,29H2,1-6H3,(H,30,33)(H,31,34);1H. The van der Waals surface area contributed by atoms with E-state index >= 15 is 0 Å². The van der Waals surface area contributed by atoms with Crippen molar-refractivity contribution in [1.82, 2.24) is 19.8 Å². The van der Waals surface area contributed by atoms with Gasteiger partial charge in [0.2, 0.25) is 0 Å². The van der Waals surface area contributed by atoms with Crippen LogP contribution in [0.3, 0.4) is 0 Å². The van der Waals surface area contributed by atoms with Crippen molar-refractivity contribution in [3.63, 3.8) is 0 Å². The van der Waals surface area contributed by atoms with E-state index in [0.717, 1.165) is 25.7 Å². The third-order valence-corrected chi connectivity index (χ3v) is 11.2. The number of ether oxygens (including phenoxy) is 4. The van der Waals surface area contributed by atoms with Crippen LogP contribution < -0.4 is 27.0 Å². The minimum absolute atomic E-state index is 0. The average molecular weight is 1050 g/mol. The van der Waals surface area contributed by atoms with Crippen LogP contribution in [0.15, 0.2) is 84.9 Å². The first-order valence-corrected chi connectivity index (χ1v) is 24.9. The van der Waals surface area contributed by atoms with E-state index in [2.05, 4.69) is 21.3 Å². The van der Waals surface area contributed by atoms with Gasteiger partial charge in [-0.3, -0.25) is 30.3 Å². The summed E-state index contributed by atoms with van der Waals surface area (Å²) in [5.74, 6) is -0.734. The fraction of sp³-hybridized carbons (Fsp3) is 0.393. The Hall–Kier alpha value is -8.42.